The van der Waals surface area contributed by atoms with E-state index in [1.807, 2.05) is 0 Å². The van der Waals surface area contributed by atoms with Crippen LogP contribution in [0.1, 0.15) is 127 Å². The number of carbonyl (C=O) groups is 1. The second kappa shape index (κ2) is 9.70. The molecular weight excluding hydrogens is 448 g/mol. The maximum Gasteiger partial charge on any atom is 0.302 e. The molecule has 0 amide bonds. The maximum absolute atomic E-state index is 11.9. The predicted molar refractivity (Wildman–Crippen MR) is 145 cm³/mol. The van der Waals surface area contributed by atoms with Crippen molar-refractivity contribution in [2.45, 2.75) is 139 Å². The molecule has 0 heterocycles. The molecule has 36 heavy (non-hydrogen) atoms. The first-order valence-electron chi connectivity index (χ1n) is 14.9. The zero-order chi connectivity index (χ0) is 26.7. The first-order chi connectivity index (χ1) is 16.7. The lowest BCUT2D eigenvalue weighted by Gasteiger charge is -2.63. The number of allylic oxidation sites excluding steroid dienone is 1. The Labute approximate surface area is 220 Å². The van der Waals surface area contributed by atoms with Gasteiger partial charge in [-0.3, -0.25) is 10.1 Å². The van der Waals surface area contributed by atoms with E-state index in [2.05, 4.69) is 55.4 Å². The molecular formula is C32H54O4. The Hall–Kier alpha value is -0.870. The summed E-state index contributed by atoms with van der Waals surface area (Å²) >= 11 is 0. The minimum Gasteiger partial charge on any atom is -0.462 e. The fourth-order valence-corrected chi connectivity index (χ4v) is 10.1. The number of hydrogen-bond donors (Lipinski definition) is 1. The van der Waals surface area contributed by atoms with Gasteiger partial charge >= 0.3 is 5.97 Å². The summed E-state index contributed by atoms with van der Waals surface area (Å²) in [5, 5.41) is 10.3. The van der Waals surface area contributed by atoms with E-state index < -0.39 is 0 Å². The Morgan fingerprint density at radius 2 is 1.72 bits per heavy atom. The molecule has 8 unspecified atom stereocenters. The van der Waals surface area contributed by atoms with Gasteiger partial charge in [-0.05, 0) is 90.4 Å². The molecule has 0 aromatic rings. The van der Waals surface area contributed by atoms with Crippen LogP contribution in [-0.4, -0.2) is 23.4 Å². The zero-order valence-electron chi connectivity index (χ0n) is 24.7. The van der Waals surface area contributed by atoms with Gasteiger partial charge in [0.15, 0.2) is 0 Å². The molecule has 0 aliphatic heterocycles. The lowest BCUT2D eigenvalue weighted by Crippen LogP contribution is -2.58. The van der Waals surface area contributed by atoms with Crippen LogP contribution in [0.3, 0.4) is 0 Å². The highest BCUT2D eigenvalue weighted by molar-refractivity contribution is 5.66. The van der Waals surface area contributed by atoms with Crippen LogP contribution < -0.4 is 0 Å². The SMILES string of the molecule is CC(=O)OC1CCC2(C)C3=C(C(OO)CC2C1(C)C)C1(C)CCC(C(C)CCCC(C)C)C1(C)CC3. The molecule has 2 saturated carbocycles. The van der Waals surface area contributed by atoms with Crippen LogP contribution in [-0.2, 0) is 14.4 Å². The highest BCUT2D eigenvalue weighted by Crippen LogP contribution is 2.72. The van der Waals surface area contributed by atoms with Gasteiger partial charge in [0.1, 0.15) is 12.2 Å². The quantitative estimate of drug-likeness (QED) is 0.164. The average Bonchev–Trinajstić information content (AvgIpc) is 3.06. The Kier molecular flexibility index (Phi) is 7.59. The molecule has 2 fully saturated rings. The topological polar surface area (TPSA) is 55.8 Å². The number of ether oxygens (including phenoxy) is 1. The summed E-state index contributed by atoms with van der Waals surface area (Å²) < 4.78 is 5.84. The number of fused-ring (bicyclic) bond motifs is 4. The van der Waals surface area contributed by atoms with Gasteiger partial charge in [0.05, 0.1) is 0 Å². The molecule has 0 aromatic carbocycles. The van der Waals surface area contributed by atoms with Crippen molar-refractivity contribution in [3.8, 4) is 0 Å². The van der Waals surface area contributed by atoms with Crippen molar-refractivity contribution in [3.63, 3.8) is 0 Å². The minimum absolute atomic E-state index is 0.0653. The number of esters is 1. The van der Waals surface area contributed by atoms with E-state index in [9.17, 15) is 10.1 Å². The molecule has 0 radical (unpaired) electrons. The normalized spacial score (nSPS) is 42.5. The summed E-state index contributed by atoms with van der Waals surface area (Å²) in [4.78, 5) is 17.3. The lowest BCUT2D eigenvalue weighted by atomic mass is 9.42. The molecule has 4 heteroatoms. The van der Waals surface area contributed by atoms with E-state index in [4.69, 9.17) is 9.62 Å². The van der Waals surface area contributed by atoms with E-state index in [0.29, 0.717) is 5.92 Å². The molecule has 0 saturated heterocycles. The van der Waals surface area contributed by atoms with Crippen molar-refractivity contribution in [1.29, 1.82) is 0 Å². The van der Waals surface area contributed by atoms with Gasteiger partial charge < -0.3 is 4.74 Å². The van der Waals surface area contributed by atoms with E-state index >= 15 is 0 Å². The van der Waals surface area contributed by atoms with Crippen molar-refractivity contribution in [1.82, 2.24) is 0 Å². The van der Waals surface area contributed by atoms with Crippen molar-refractivity contribution in [2.75, 3.05) is 0 Å². The van der Waals surface area contributed by atoms with Gasteiger partial charge in [-0.15, -0.1) is 0 Å². The van der Waals surface area contributed by atoms with Crippen molar-refractivity contribution < 1.29 is 19.7 Å². The van der Waals surface area contributed by atoms with Crippen molar-refractivity contribution in [3.05, 3.63) is 11.1 Å². The Bertz CT molecular complexity index is 873. The molecule has 0 aromatic heterocycles. The van der Waals surface area contributed by atoms with Crippen molar-refractivity contribution >= 4 is 5.97 Å². The first-order valence-corrected chi connectivity index (χ1v) is 14.9. The molecule has 0 bridgehead atoms. The highest BCUT2D eigenvalue weighted by Gasteiger charge is 2.65. The summed E-state index contributed by atoms with van der Waals surface area (Å²) in [7, 11) is 0. The smallest absolute Gasteiger partial charge is 0.302 e. The van der Waals surface area contributed by atoms with E-state index in [1.54, 1.807) is 5.57 Å². The Morgan fingerprint density at radius 1 is 1.03 bits per heavy atom. The van der Waals surface area contributed by atoms with Crippen LogP contribution >= 0.6 is 0 Å². The molecule has 4 rings (SSSR count). The maximum atomic E-state index is 11.9. The summed E-state index contributed by atoms with van der Waals surface area (Å²) in [6.45, 7) is 20.8. The molecule has 4 nitrogen and oxygen atoms in total. The van der Waals surface area contributed by atoms with Crippen LogP contribution in [0.5, 0.6) is 0 Å². The first kappa shape index (κ1) is 28.1. The number of carbonyl (C=O) groups excluding carboxylic acids is 1. The van der Waals surface area contributed by atoms with Crippen LogP contribution in [0.4, 0.5) is 0 Å². The average molecular weight is 503 g/mol. The summed E-state index contributed by atoms with van der Waals surface area (Å²) in [5.74, 6) is 2.35. The van der Waals surface area contributed by atoms with Crippen LogP contribution in [0.15, 0.2) is 11.1 Å². The number of rotatable bonds is 7. The molecule has 1 N–H and O–H groups in total. The largest absolute Gasteiger partial charge is 0.462 e. The highest BCUT2D eigenvalue weighted by atomic mass is 17.1. The lowest BCUT2D eigenvalue weighted by molar-refractivity contribution is -0.286. The van der Waals surface area contributed by atoms with Crippen LogP contribution in [0, 0.1) is 45.3 Å². The van der Waals surface area contributed by atoms with E-state index in [-0.39, 0.29) is 39.8 Å². The van der Waals surface area contributed by atoms with Gasteiger partial charge in [0.25, 0.3) is 0 Å². The standard InChI is InChI=1S/C32H54O4/c1-20(2)11-10-12-21(3)23-13-18-32(9)28-24(14-17-31(23,32)8)30(7)16-15-27(35-22(4)33)29(5,6)26(30)19-25(28)36-34/h20-21,23,25-27,34H,10-19H2,1-9H3. The van der Waals surface area contributed by atoms with E-state index in [0.717, 1.165) is 43.4 Å². The predicted octanol–water partition coefficient (Wildman–Crippen LogP) is 8.60. The second-order valence-electron chi connectivity index (χ2n) is 14.8. The minimum atomic E-state index is -0.256. The van der Waals surface area contributed by atoms with Gasteiger partial charge in [-0.1, -0.05) is 80.2 Å². The van der Waals surface area contributed by atoms with Crippen molar-refractivity contribution in [2.24, 2.45) is 45.3 Å². The Morgan fingerprint density at radius 3 is 2.33 bits per heavy atom. The number of hydrogen-bond acceptors (Lipinski definition) is 4. The monoisotopic (exact) mass is 502 g/mol. The van der Waals surface area contributed by atoms with Gasteiger partial charge in [-0.2, -0.15) is 0 Å². The molecule has 4 aliphatic rings. The third kappa shape index (κ3) is 4.21. The second-order valence-corrected chi connectivity index (χ2v) is 14.8. The fourth-order valence-electron chi connectivity index (χ4n) is 10.1. The van der Waals surface area contributed by atoms with Crippen LogP contribution in [0.25, 0.3) is 0 Å². The molecule has 4 aliphatic carbocycles. The third-order valence-corrected chi connectivity index (χ3v) is 12.3. The summed E-state index contributed by atoms with van der Waals surface area (Å²) in [5.41, 5.74) is 3.22. The summed E-state index contributed by atoms with van der Waals surface area (Å²) in [6.07, 6.45) is 11.2. The summed E-state index contributed by atoms with van der Waals surface area (Å²) in [6, 6.07) is 0. The zero-order valence-corrected chi connectivity index (χ0v) is 24.7. The fraction of sp³-hybridized carbons (Fsp3) is 0.906. The molecule has 206 valence electrons. The molecule has 8 atom stereocenters. The van der Waals surface area contributed by atoms with Crippen LogP contribution in [0.2, 0.25) is 0 Å². The third-order valence-electron chi connectivity index (χ3n) is 12.3. The van der Waals surface area contributed by atoms with Gasteiger partial charge in [0.2, 0.25) is 0 Å². The van der Waals surface area contributed by atoms with Gasteiger partial charge in [0, 0.05) is 12.3 Å². The molecule has 0 spiro atoms. The van der Waals surface area contributed by atoms with E-state index in [1.165, 1.54) is 51.0 Å². The van der Waals surface area contributed by atoms with Gasteiger partial charge in [-0.25, -0.2) is 4.89 Å². The Balaban J connectivity index is 1.69.